The molecule has 1 atom stereocenters. The van der Waals surface area contributed by atoms with Crippen LogP contribution in [0.5, 0.6) is 0 Å². The van der Waals surface area contributed by atoms with Gasteiger partial charge in [-0.1, -0.05) is 340 Å². The van der Waals surface area contributed by atoms with E-state index in [0.29, 0.717) is 6.42 Å². The number of ether oxygens (including phenoxy) is 2. The van der Waals surface area contributed by atoms with Gasteiger partial charge >= 0.3 is 11.9 Å². The van der Waals surface area contributed by atoms with Gasteiger partial charge < -0.3 is 19.7 Å². The Morgan fingerprint density at radius 3 is 0.849 bits per heavy atom. The summed E-state index contributed by atoms with van der Waals surface area (Å²) < 4.78 is 10.6. The quantitative estimate of drug-likeness (QED) is 0.0358. The van der Waals surface area contributed by atoms with Crippen LogP contribution in [0.3, 0.4) is 0 Å². The lowest BCUT2D eigenvalue weighted by Crippen LogP contribution is -2.40. The number of aliphatic hydroxyl groups excluding tert-OH is 2. The molecule has 0 radical (unpaired) electrons. The molecule has 0 aromatic carbocycles. The summed E-state index contributed by atoms with van der Waals surface area (Å²) in [5.41, 5.74) is -1.12. The van der Waals surface area contributed by atoms with Crippen LogP contribution >= 0.6 is 0 Å². The van der Waals surface area contributed by atoms with Gasteiger partial charge in [-0.2, -0.15) is 0 Å². The lowest BCUT2D eigenvalue weighted by molar-refractivity contribution is -0.155. The molecule has 0 bridgehead atoms. The van der Waals surface area contributed by atoms with Gasteiger partial charge in [0, 0.05) is 0 Å². The van der Waals surface area contributed by atoms with Crippen molar-refractivity contribution in [3.8, 4) is 0 Å². The highest BCUT2D eigenvalue weighted by Crippen LogP contribution is 2.25. The Bertz CT molecular complexity index is 1150. The summed E-state index contributed by atoms with van der Waals surface area (Å²) in [7, 11) is 0. The molecular formula is C67H128O6. The summed E-state index contributed by atoms with van der Waals surface area (Å²) in [6, 6.07) is 0. The van der Waals surface area contributed by atoms with Crippen LogP contribution in [0.25, 0.3) is 0 Å². The molecule has 1 saturated heterocycles. The fourth-order valence-corrected chi connectivity index (χ4v) is 11.1. The van der Waals surface area contributed by atoms with E-state index in [9.17, 15) is 19.8 Å². The van der Waals surface area contributed by atoms with Crippen molar-refractivity contribution in [1.29, 1.82) is 0 Å². The number of cyclic esters (lactones) is 2. The minimum absolute atomic E-state index is 0.00508. The van der Waals surface area contributed by atoms with Crippen LogP contribution in [0.4, 0.5) is 0 Å². The van der Waals surface area contributed by atoms with Crippen molar-refractivity contribution in [2.45, 2.75) is 366 Å². The summed E-state index contributed by atoms with van der Waals surface area (Å²) in [5, 5.41) is 19.2. The third kappa shape index (κ3) is 48.7. The van der Waals surface area contributed by atoms with E-state index in [-0.39, 0.29) is 19.6 Å². The summed E-state index contributed by atoms with van der Waals surface area (Å²) in [5.74, 6) is -1.40. The van der Waals surface area contributed by atoms with Crippen LogP contribution in [0.15, 0.2) is 12.2 Å². The van der Waals surface area contributed by atoms with Crippen molar-refractivity contribution >= 4 is 11.9 Å². The van der Waals surface area contributed by atoms with Crippen molar-refractivity contribution in [3.05, 3.63) is 12.2 Å². The first-order valence-corrected chi connectivity index (χ1v) is 33.3. The zero-order chi connectivity index (χ0) is 52.5. The molecule has 73 heavy (non-hydrogen) atoms. The van der Waals surface area contributed by atoms with E-state index in [0.717, 1.165) is 19.3 Å². The van der Waals surface area contributed by atoms with Gasteiger partial charge in [-0.25, -0.2) is 0 Å². The van der Waals surface area contributed by atoms with Gasteiger partial charge in [-0.15, -0.1) is 0 Å². The van der Waals surface area contributed by atoms with E-state index in [1.54, 1.807) is 0 Å². The third-order valence-electron chi connectivity index (χ3n) is 16.5. The van der Waals surface area contributed by atoms with Crippen molar-refractivity contribution in [2.75, 3.05) is 26.4 Å². The first-order chi connectivity index (χ1) is 36.1. The SMILES string of the molecule is CCCCCCCCCCCCCCC/C=C/CCCCCCCCCCCCCCCCCCCCCCCCCCCCCCCCCCCCCCCCCC1CC(=O)OCC(CO)(CO)COC1=O. The molecule has 1 fully saturated rings. The van der Waals surface area contributed by atoms with Crippen LogP contribution in [0, 0.1) is 11.3 Å². The fourth-order valence-electron chi connectivity index (χ4n) is 11.1. The van der Waals surface area contributed by atoms with E-state index in [4.69, 9.17) is 9.47 Å². The molecule has 1 aliphatic rings. The molecule has 0 saturated carbocycles. The monoisotopic (exact) mass is 1030 g/mol. The second-order valence-electron chi connectivity index (χ2n) is 23.9. The van der Waals surface area contributed by atoms with E-state index < -0.39 is 36.5 Å². The van der Waals surface area contributed by atoms with Crippen molar-refractivity contribution in [3.63, 3.8) is 0 Å². The molecule has 0 spiro atoms. The lowest BCUT2D eigenvalue weighted by Gasteiger charge is -2.27. The van der Waals surface area contributed by atoms with Crippen LogP contribution in [0.2, 0.25) is 0 Å². The highest BCUT2D eigenvalue weighted by atomic mass is 16.6. The number of carbonyl (C=O) groups is 2. The van der Waals surface area contributed by atoms with Gasteiger partial charge in [0.2, 0.25) is 0 Å². The van der Waals surface area contributed by atoms with E-state index in [1.807, 2.05) is 0 Å². The second-order valence-corrected chi connectivity index (χ2v) is 23.9. The number of aliphatic hydroxyl groups is 2. The standard InChI is InChI=1S/C67H128O6/c1-2-3-4-5-6-7-8-9-10-11-12-13-14-15-16-17-18-19-20-21-22-23-24-25-26-27-28-29-30-31-32-33-34-35-36-37-38-39-40-41-42-43-44-45-46-47-48-49-50-51-52-53-54-55-56-57-58-64-59-65(70)72-62-67(60-68,61-69)63-73-66(64)71/h16-17,64,68-69H,2-15,18-63H2,1H3/b17-16+. The molecule has 6 heteroatoms. The smallest absolute Gasteiger partial charge is 0.309 e. The van der Waals surface area contributed by atoms with Gasteiger partial charge in [0.25, 0.3) is 0 Å². The Morgan fingerprint density at radius 1 is 0.356 bits per heavy atom. The Balaban J connectivity index is 1.67. The molecule has 1 aliphatic heterocycles. The largest absolute Gasteiger partial charge is 0.465 e. The number of rotatable bonds is 58. The predicted octanol–water partition coefficient (Wildman–Crippen LogP) is 21.1. The Kier molecular flexibility index (Phi) is 54.2. The normalized spacial score (nSPS) is 15.2. The minimum atomic E-state index is -1.12. The highest BCUT2D eigenvalue weighted by molar-refractivity contribution is 5.80. The summed E-state index contributed by atoms with van der Waals surface area (Å²) >= 11 is 0. The van der Waals surface area contributed by atoms with Gasteiger partial charge in [0.1, 0.15) is 13.2 Å². The van der Waals surface area contributed by atoms with Crippen LogP contribution in [0.1, 0.15) is 366 Å². The summed E-state index contributed by atoms with van der Waals surface area (Å²) in [6.07, 6.45) is 81.6. The van der Waals surface area contributed by atoms with Crippen molar-refractivity contribution in [1.82, 2.24) is 0 Å². The van der Waals surface area contributed by atoms with Crippen molar-refractivity contribution in [2.24, 2.45) is 11.3 Å². The average molecular weight is 1030 g/mol. The Hall–Kier alpha value is -1.40. The number of esters is 2. The molecule has 1 unspecified atom stereocenters. The number of hydrogen-bond acceptors (Lipinski definition) is 6. The highest BCUT2D eigenvalue weighted by Gasteiger charge is 2.36. The number of unbranched alkanes of at least 4 members (excludes halogenated alkanes) is 52. The van der Waals surface area contributed by atoms with Crippen LogP contribution in [-0.4, -0.2) is 48.6 Å². The molecule has 432 valence electrons. The van der Waals surface area contributed by atoms with Crippen LogP contribution in [-0.2, 0) is 19.1 Å². The fraction of sp³-hybridized carbons (Fsp3) is 0.940. The van der Waals surface area contributed by atoms with Gasteiger partial charge in [-0.3, -0.25) is 9.59 Å². The summed E-state index contributed by atoms with van der Waals surface area (Å²) in [6.45, 7) is 1.21. The van der Waals surface area contributed by atoms with Crippen molar-refractivity contribution < 1.29 is 29.3 Å². The minimum Gasteiger partial charge on any atom is -0.465 e. The molecule has 0 aromatic heterocycles. The van der Waals surface area contributed by atoms with Gasteiger partial charge in [0.05, 0.1) is 31.0 Å². The van der Waals surface area contributed by atoms with E-state index in [1.165, 1.54) is 327 Å². The summed E-state index contributed by atoms with van der Waals surface area (Å²) in [4.78, 5) is 24.7. The maximum Gasteiger partial charge on any atom is 0.309 e. The Labute approximate surface area is 455 Å². The zero-order valence-electron chi connectivity index (χ0n) is 49.2. The molecule has 1 rings (SSSR count). The maximum absolute atomic E-state index is 12.6. The topological polar surface area (TPSA) is 93.1 Å². The number of hydrogen-bond donors (Lipinski definition) is 2. The average Bonchev–Trinajstić information content (AvgIpc) is 3.46. The number of allylic oxidation sites excluding steroid dienone is 2. The number of carbonyl (C=O) groups excluding carboxylic acids is 2. The molecule has 1 heterocycles. The van der Waals surface area contributed by atoms with Crippen LogP contribution < -0.4 is 0 Å². The first-order valence-electron chi connectivity index (χ1n) is 33.3. The van der Waals surface area contributed by atoms with Gasteiger partial charge in [0.15, 0.2) is 0 Å². The van der Waals surface area contributed by atoms with E-state index in [2.05, 4.69) is 19.1 Å². The zero-order valence-corrected chi connectivity index (χ0v) is 49.2. The molecule has 2 N–H and O–H groups in total. The molecule has 6 nitrogen and oxygen atoms in total. The maximum atomic E-state index is 12.6. The molecular weight excluding hydrogens is 901 g/mol. The molecule has 0 aromatic rings. The molecule has 0 amide bonds. The van der Waals surface area contributed by atoms with Gasteiger partial charge in [-0.05, 0) is 32.1 Å². The lowest BCUT2D eigenvalue weighted by atomic mass is 9.92. The third-order valence-corrected chi connectivity index (χ3v) is 16.5. The molecule has 0 aliphatic carbocycles. The first kappa shape index (κ1) is 69.6. The Morgan fingerprint density at radius 2 is 0.589 bits per heavy atom. The predicted molar refractivity (Wildman–Crippen MR) is 315 cm³/mol. The second kappa shape index (κ2) is 56.8. The van der Waals surface area contributed by atoms with E-state index >= 15 is 0 Å².